The predicted molar refractivity (Wildman–Crippen MR) is 74.0 cm³/mol. The fourth-order valence-corrected chi connectivity index (χ4v) is 3.96. The van der Waals surface area contributed by atoms with Gasteiger partial charge in [-0.3, -0.25) is 0 Å². The van der Waals surface area contributed by atoms with Crippen LogP contribution in [-0.4, -0.2) is 0 Å². The van der Waals surface area contributed by atoms with E-state index in [9.17, 15) is 8.78 Å². The first kappa shape index (κ1) is 13.4. The van der Waals surface area contributed by atoms with E-state index in [1.54, 1.807) is 26.0 Å². The fraction of sp³-hybridized carbons (Fsp3) is 0.143. The standard InChI is InChI=1S/C14H12F2S2/c1-9-11(15)5-3-7-13(9)17-18-14-8-4-6-12(16)10(14)2/h3-8H,1-2H3. The Labute approximate surface area is 113 Å². The van der Waals surface area contributed by atoms with Crippen LogP contribution in [0.4, 0.5) is 8.78 Å². The Morgan fingerprint density at radius 3 is 1.50 bits per heavy atom. The Morgan fingerprint density at radius 2 is 1.11 bits per heavy atom. The molecule has 2 aromatic rings. The van der Waals surface area contributed by atoms with Crippen molar-refractivity contribution in [3.05, 3.63) is 59.2 Å². The van der Waals surface area contributed by atoms with E-state index in [0.717, 1.165) is 9.79 Å². The SMILES string of the molecule is Cc1c(F)cccc1SSc1cccc(F)c1C. The Hall–Kier alpha value is -1.00. The molecule has 0 spiro atoms. The van der Waals surface area contributed by atoms with Crippen molar-refractivity contribution in [2.45, 2.75) is 23.6 Å². The van der Waals surface area contributed by atoms with Gasteiger partial charge in [-0.2, -0.15) is 0 Å². The van der Waals surface area contributed by atoms with Gasteiger partial charge in [-0.25, -0.2) is 8.78 Å². The van der Waals surface area contributed by atoms with Crippen molar-refractivity contribution in [2.24, 2.45) is 0 Å². The fourth-order valence-electron chi connectivity index (χ4n) is 1.45. The summed E-state index contributed by atoms with van der Waals surface area (Å²) in [7, 11) is 2.89. The minimum Gasteiger partial charge on any atom is -0.207 e. The van der Waals surface area contributed by atoms with E-state index in [-0.39, 0.29) is 11.6 Å². The summed E-state index contributed by atoms with van der Waals surface area (Å²) in [6, 6.07) is 9.98. The third-order valence-electron chi connectivity index (χ3n) is 2.66. The summed E-state index contributed by atoms with van der Waals surface area (Å²) < 4.78 is 26.7. The normalized spacial score (nSPS) is 10.7. The van der Waals surface area contributed by atoms with Crippen molar-refractivity contribution in [1.29, 1.82) is 0 Å². The molecule has 0 aromatic heterocycles. The van der Waals surface area contributed by atoms with Crippen molar-refractivity contribution in [1.82, 2.24) is 0 Å². The lowest BCUT2D eigenvalue weighted by molar-refractivity contribution is 0.613. The number of benzene rings is 2. The van der Waals surface area contributed by atoms with E-state index in [1.807, 2.05) is 12.1 Å². The molecule has 0 heterocycles. The van der Waals surface area contributed by atoms with Gasteiger partial charge < -0.3 is 0 Å². The number of hydrogen-bond acceptors (Lipinski definition) is 2. The quantitative estimate of drug-likeness (QED) is 0.693. The zero-order chi connectivity index (χ0) is 13.1. The van der Waals surface area contributed by atoms with Gasteiger partial charge in [-0.15, -0.1) is 0 Å². The van der Waals surface area contributed by atoms with Gasteiger partial charge >= 0.3 is 0 Å². The molecular weight excluding hydrogens is 270 g/mol. The highest BCUT2D eigenvalue weighted by Crippen LogP contribution is 2.40. The van der Waals surface area contributed by atoms with Crippen molar-refractivity contribution in [3.63, 3.8) is 0 Å². The maximum Gasteiger partial charge on any atom is 0.127 e. The van der Waals surface area contributed by atoms with E-state index >= 15 is 0 Å². The first-order valence-corrected chi connectivity index (χ1v) is 7.59. The topological polar surface area (TPSA) is 0 Å². The predicted octanol–water partition coefficient (Wildman–Crippen LogP) is 5.38. The summed E-state index contributed by atoms with van der Waals surface area (Å²) in [6.07, 6.45) is 0. The maximum atomic E-state index is 13.4. The van der Waals surface area contributed by atoms with Crippen LogP contribution in [0.2, 0.25) is 0 Å². The third-order valence-corrected chi connectivity index (χ3v) is 5.31. The molecule has 0 N–H and O–H groups in total. The second-order valence-corrected chi connectivity index (χ2v) is 6.11. The molecule has 0 fully saturated rings. The molecule has 0 saturated carbocycles. The van der Waals surface area contributed by atoms with Gasteiger partial charge in [0.1, 0.15) is 11.6 Å². The van der Waals surface area contributed by atoms with Gasteiger partial charge in [-0.05, 0) is 49.2 Å². The molecule has 2 aromatic carbocycles. The maximum absolute atomic E-state index is 13.4. The summed E-state index contributed by atoms with van der Waals surface area (Å²) in [5.41, 5.74) is 1.26. The van der Waals surface area contributed by atoms with Crippen molar-refractivity contribution in [2.75, 3.05) is 0 Å². The van der Waals surface area contributed by atoms with Crippen LogP contribution in [-0.2, 0) is 0 Å². The molecule has 0 radical (unpaired) electrons. The van der Waals surface area contributed by atoms with Crippen LogP contribution < -0.4 is 0 Å². The van der Waals surface area contributed by atoms with Gasteiger partial charge in [0.05, 0.1) is 0 Å². The number of hydrogen-bond donors (Lipinski definition) is 0. The summed E-state index contributed by atoms with van der Waals surface area (Å²) in [6.45, 7) is 3.49. The molecule has 0 bridgehead atoms. The molecule has 0 amide bonds. The first-order valence-electron chi connectivity index (χ1n) is 5.44. The second-order valence-electron chi connectivity index (χ2n) is 3.89. The Balaban J connectivity index is 2.17. The first-order chi connectivity index (χ1) is 8.59. The second kappa shape index (κ2) is 5.76. The van der Waals surface area contributed by atoms with Crippen LogP contribution in [0.3, 0.4) is 0 Å². The van der Waals surface area contributed by atoms with Crippen LogP contribution in [0.25, 0.3) is 0 Å². The van der Waals surface area contributed by atoms with Crippen LogP contribution >= 0.6 is 21.6 Å². The van der Waals surface area contributed by atoms with E-state index in [0.29, 0.717) is 11.1 Å². The largest absolute Gasteiger partial charge is 0.207 e. The average Bonchev–Trinajstić information content (AvgIpc) is 2.36. The van der Waals surface area contributed by atoms with E-state index in [1.165, 1.54) is 33.7 Å². The monoisotopic (exact) mass is 282 g/mol. The zero-order valence-electron chi connectivity index (χ0n) is 10.0. The molecule has 0 aliphatic rings. The average molecular weight is 282 g/mol. The molecule has 2 rings (SSSR count). The summed E-state index contributed by atoms with van der Waals surface area (Å²) >= 11 is 0. The minimum atomic E-state index is -0.212. The van der Waals surface area contributed by atoms with Crippen LogP contribution in [0, 0.1) is 25.5 Å². The highest BCUT2D eigenvalue weighted by atomic mass is 33.1. The lowest BCUT2D eigenvalue weighted by Gasteiger charge is -2.07. The van der Waals surface area contributed by atoms with Gasteiger partial charge in [0.25, 0.3) is 0 Å². The molecule has 0 atom stereocenters. The highest BCUT2D eigenvalue weighted by Gasteiger charge is 2.08. The minimum absolute atomic E-state index is 0.212. The third kappa shape index (κ3) is 2.87. The molecule has 0 unspecified atom stereocenters. The Morgan fingerprint density at radius 1 is 0.722 bits per heavy atom. The summed E-state index contributed by atoms with van der Waals surface area (Å²) in [5.74, 6) is -0.423. The lowest BCUT2D eigenvalue weighted by Crippen LogP contribution is -1.85. The van der Waals surface area contributed by atoms with E-state index in [2.05, 4.69) is 0 Å². The molecule has 0 nitrogen and oxygen atoms in total. The Kier molecular flexibility index (Phi) is 4.30. The molecule has 18 heavy (non-hydrogen) atoms. The molecule has 0 saturated heterocycles. The summed E-state index contributed by atoms with van der Waals surface area (Å²) in [4.78, 5) is 1.73. The van der Waals surface area contributed by atoms with Gasteiger partial charge in [0.2, 0.25) is 0 Å². The van der Waals surface area contributed by atoms with Crippen LogP contribution in [0.5, 0.6) is 0 Å². The highest BCUT2D eigenvalue weighted by molar-refractivity contribution is 8.76. The smallest absolute Gasteiger partial charge is 0.127 e. The van der Waals surface area contributed by atoms with E-state index in [4.69, 9.17) is 0 Å². The van der Waals surface area contributed by atoms with Gasteiger partial charge in [-0.1, -0.05) is 33.7 Å². The molecule has 0 aliphatic carbocycles. The number of halogens is 2. The molecule has 4 heteroatoms. The number of rotatable bonds is 3. The molecular formula is C14H12F2S2. The van der Waals surface area contributed by atoms with Crippen molar-refractivity contribution in [3.8, 4) is 0 Å². The van der Waals surface area contributed by atoms with Crippen LogP contribution in [0.1, 0.15) is 11.1 Å². The van der Waals surface area contributed by atoms with Gasteiger partial charge in [0.15, 0.2) is 0 Å². The molecule has 0 aliphatic heterocycles. The van der Waals surface area contributed by atoms with E-state index < -0.39 is 0 Å². The summed E-state index contributed by atoms with van der Waals surface area (Å²) in [5, 5.41) is 0. The van der Waals surface area contributed by atoms with Crippen molar-refractivity contribution >= 4 is 21.6 Å². The zero-order valence-corrected chi connectivity index (χ0v) is 11.7. The molecule has 94 valence electrons. The van der Waals surface area contributed by atoms with Gasteiger partial charge in [0, 0.05) is 9.79 Å². The lowest BCUT2D eigenvalue weighted by atomic mass is 10.2. The van der Waals surface area contributed by atoms with Crippen LogP contribution in [0.15, 0.2) is 46.2 Å². The van der Waals surface area contributed by atoms with Crippen molar-refractivity contribution < 1.29 is 8.78 Å². The Bertz CT molecular complexity index is 516.